The van der Waals surface area contributed by atoms with Gasteiger partial charge in [-0.15, -0.1) is 0 Å². The Labute approximate surface area is 126 Å². The molecule has 0 bridgehead atoms. The lowest BCUT2D eigenvalue weighted by molar-refractivity contribution is 0.731. The van der Waals surface area contributed by atoms with E-state index in [0.29, 0.717) is 17.6 Å². The zero-order valence-electron chi connectivity index (χ0n) is 11.8. The minimum Gasteiger partial charge on any atom is -0.383 e. The Balaban J connectivity index is 2.70. The van der Waals surface area contributed by atoms with Crippen LogP contribution < -0.4 is 5.73 Å². The van der Waals surface area contributed by atoms with E-state index < -0.39 is 0 Å². The van der Waals surface area contributed by atoms with Gasteiger partial charge in [-0.1, -0.05) is 13.8 Å². The molecule has 102 valence electrons. The molecular weight excluding hydrogens is 353 g/mol. The third kappa shape index (κ3) is 2.45. The number of aromatic nitrogens is 4. The summed E-state index contributed by atoms with van der Waals surface area (Å²) in [7, 11) is 1.92. The molecule has 0 aliphatic carbocycles. The highest BCUT2D eigenvalue weighted by molar-refractivity contribution is 14.1. The van der Waals surface area contributed by atoms with Crippen LogP contribution in [0.4, 0.5) is 5.82 Å². The van der Waals surface area contributed by atoms with Crippen LogP contribution in [0.3, 0.4) is 0 Å². The van der Waals surface area contributed by atoms with Crippen molar-refractivity contribution in [2.45, 2.75) is 33.6 Å². The van der Waals surface area contributed by atoms with E-state index in [0.717, 1.165) is 26.2 Å². The molecule has 0 spiro atoms. The average molecular weight is 371 g/mol. The zero-order chi connectivity index (χ0) is 14.3. The van der Waals surface area contributed by atoms with E-state index in [1.54, 1.807) is 0 Å². The van der Waals surface area contributed by atoms with Crippen LogP contribution in [0.5, 0.6) is 0 Å². The Morgan fingerprint density at radius 1 is 1.21 bits per heavy atom. The van der Waals surface area contributed by atoms with Crippen molar-refractivity contribution in [2.75, 3.05) is 5.73 Å². The second-order valence-electron chi connectivity index (χ2n) is 4.96. The van der Waals surface area contributed by atoms with Crippen LogP contribution >= 0.6 is 22.6 Å². The molecule has 0 amide bonds. The van der Waals surface area contributed by atoms with Crippen molar-refractivity contribution >= 4 is 28.4 Å². The number of halogens is 1. The molecule has 2 aromatic heterocycles. The summed E-state index contributed by atoms with van der Waals surface area (Å²) in [6.45, 7) is 8.20. The van der Waals surface area contributed by atoms with Gasteiger partial charge in [-0.2, -0.15) is 5.10 Å². The van der Waals surface area contributed by atoms with Crippen molar-refractivity contribution in [3.8, 4) is 11.4 Å². The summed E-state index contributed by atoms with van der Waals surface area (Å²) >= 11 is 2.21. The van der Waals surface area contributed by atoms with E-state index in [4.69, 9.17) is 5.73 Å². The van der Waals surface area contributed by atoms with Gasteiger partial charge in [0.25, 0.3) is 0 Å². The molecule has 0 aliphatic heterocycles. The fourth-order valence-corrected chi connectivity index (χ4v) is 2.94. The first-order valence-corrected chi connectivity index (χ1v) is 7.24. The van der Waals surface area contributed by atoms with E-state index in [2.05, 4.69) is 51.5 Å². The Morgan fingerprint density at radius 2 is 1.84 bits per heavy atom. The largest absolute Gasteiger partial charge is 0.383 e. The summed E-state index contributed by atoms with van der Waals surface area (Å²) in [4.78, 5) is 9.11. The lowest BCUT2D eigenvalue weighted by Gasteiger charge is -2.11. The minimum absolute atomic E-state index is 0.313. The van der Waals surface area contributed by atoms with Crippen LogP contribution in [0.15, 0.2) is 0 Å². The first-order valence-electron chi connectivity index (χ1n) is 6.16. The molecule has 2 aromatic rings. The molecule has 0 fully saturated rings. The van der Waals surface area contributed by atoms with Crippen LogP contribution in [0.25, 0.3) is 11.4 Å². The monoisotopic (exact) mass is 371 g/mol. The molecule has 2 heterocycles. The number of anilines is 1. The number of nitrogens with two attached hydrogens (primary N) is 1. The maximum Gasteiger partial charge on any atom is 0.165 e. The molecule has 0 radical (unpaired) electrons. The van der Waals surface area contributed by atoms with E-state index >= 15 is 0 Å². The molecule has 19 heavy (non-hydrogen) atoms. The van der Waals surface area contributed by atoms with Gasteiger partial charge in [-0.3, -0.25) is 4.68 Å². The van der Waals surface area contributed by atoms with Gasteiger partial charge >= 0.3 is 0 Å². The molecule has 0 saturated carbocycles. The Bertz CT molecular complexity index is 630. The highest BCUT2D eigenvalue weighted by Crippen LogP contribution is 2.29. The van der Waals surface area contributed by atoms with Gasteiger partial charge in [0, 0.05) is 12.7 Å². The molecule has 2 rings (SSSR count). The van der Waals surface area contributed by atoms with Crippen molar-refractivity contribution in [1.29, 1.82) is 0 Å². The van der Waals surface area contributed by atoms with E-state index in [-0.39, 0.29) is 0 Å². The van der Waals surface area contributed by atoms with Crippen molar-refractivity contribution in [1.82, 2.24) is 19.7 Å². The second kappa shape index (κ2) is 5.07. The van der Waals surface area contributed by atoms with Gasteiger partial charge < -0.3 is 5.73 Å². The molecule has 0 unspecified atom stereocenters. The van der Waals surface area contributed by atoms with E-state index in [1.807, 2.05) is 25.6 Å². The number of nitrogens with zero attached hydrogens (tertiary/aromatic N) is 4. The molecule has 0 atom stereocenters. The summed E-state index contributed by atoms with van der Waals surface area (Å²) in [5.41, 5.74) is 9.96. The zero-order valence-corrected chi connectivity index (χ0v) is 14.0. The van der Waals surface area contributed by atoms with Crippen LogP contribution in [-0.2, 0) is 7.05 Å². The summed E-state index contributed by atoms with van der Waals surface area (Å²) in [5.74, 6) is 1.52. The van der Waals surface area contributed by atoms with Gasteiger partial charge in [-0.25, -0.2) is 9.97 Å². The summed E-state index contributed by atoms with van der Waals surface area (Å²) in [6, 6.07) is 0. The lowest BCUT2D eigenvalue weighted by Crippen LogP contribution is -2.07. The van der Waals surface area contributed by atoms with Crippen LogP contribution in [0.2, 0.25) is 0 Å². The van der Waals surface area contributed by atoms with Gasteiger partial charge in [0.2, 0.25) is 0 Å². The number of nitrogen functional groups attached to an aromatic ring is 1. The van der Waals surface area contributed by atoms with Crippen molar-refractivity contribution in [3.63, 3.8) is 0 Å². The number of aryl methyl sites for hydroxylation is 2. The second-order valence-corrected chi connectivity index (χ2v) is 6.03. The van der Waals surface area contributed by atoms with Crippen molar-refractivity contribution in [3.05, 3.63) is 20.7 Å². The van der Waals surface area contributed by atoms with Crippen LogP contribution in [-0.4, -0.2) is 19.7 Å². The number of hydrogen-bond acceptors (Lipinski definition) is 4. The minimum atomic E-state index is 0.313. The van der Waals surface area contributed by atoms with Crippen molar-refractivity contribution in [2.24, 2.45) is 7.05 Å². The molecular formula is C13H18IN5. The average Bonchev–Trinajstić information content (AvgIpc) is 2.56. The maximum absolute atomic E-state index is 6.02. The molecule has 0 saturated heterocycles. The van der Waals surface area contributed by atoms with E-state index in [1.165, 1.54) is 0 Å². The predicted octanol–water partition coefficient (Wildman–Crippen LogP) is 2.80. The fourth-order valence-electron chi connectivity index (χ4n) is 2.07. The van der Waals surface area contributed by atoms with Crippen LogP contribution in [0.1, 0.15) is 36.8 Å². The third-order valence-electron chi connectivity index (χ3n) is 3.18. The standard InChI is InChI=1S/C13H18IN5/c1-6(2)11-10(14)12(15)17-13(16-11)9-7(3)18-19(5)8(9)4/h6H,1-5H3,(H2,15,16,17). The fraction of sp³-hybridized carbons (Fsp3) is 0.462. The first kappa shape index (κ1) is 14.2. The molecule has 0 aromatic carbocycles. The highest BCUT2D eigenvalue weighted by atomic mass is 127. The smallest absolute Gasteiger partial charge is 0.165 e. The summed E-state index contributed by atoms with van der Waals surface area (Å²) < 4.78 is 2.78. The third-order valence-corrected chi connectivity index (χ3v) is 4.29. The normalized spacial score (nSPS) is 11.3. The highest BCUT2D eigenvalue weighted by Gasteiger charge is 2.19. The quantitative estimate of drug-likeness (QED) is 0.825. The molecule has 5 nitrogen and oxygen atoms in total. The topological polar surface area (TPSA) is 69.6 Å². The molecule has 0 aliphatic rings. The number of rotatable bonds is 2. The number of hydrogen-bond donors (Lipinski definition) is 1. The van der Waals surface area contributed by atoms with Gasteiger partial charge in [-0.05, 0) is 42.4 Å². The Hall–Kier alpha value is -1.18. The predicted molar refractivity (Wildman–Crippen MR) is 84.9 cm³/mol. The molecule has 6 heteroatoms. The van der Waals surface area contributed by atoms with Gasteiger partial charge in [0.15, 0.2) is 5.82 Å². The maximum atomic E-state index is 6.02. The van der Waals surface area contributed by atoms with Gasteiger partial charge in [0.1, 0.15) is 5.82 Å². The summed E-state index contributed by atoms with van der Waals surface area (Å²) in [5, 5.41) is 4.41. The SMILES string of the molecule is Cc1nn(C)c(C)c1-c1nc(N)c(I)c(C(C)C)n1. The summed E-state index contributed by atoms with van der Waals surface area (Å²) in [6.07, 6.45) is 0. The van der Waals surface area contributed by atoms with Crippen LogP contribution in [0, 0.1) is 17.4 Å². The van der Waals surface area contributed by atoms with E-state index in [9.17, 15) is 0 Å². The Morgan fingerprint density at radius 3 is 2.32 bits per heavy atom. The molecule has 2 N–H and O–H groups in total. The van der Waals surface area contributed by atoms with Crippen molar-refractivity contribution < 1.29 is 0 Å². The Kier molecular flexibility index (Phi) is 3.80. The van der Waals surface area contributed by atoms with Gasteiger partial charge in [0.05, 0.1) is 20.5 Å². The lowest BCUT2D eigenvalue weighted by atomic mass is 10.1. The first-order chi connectivity index (χ1) is 8.82.